The topological polar surface area (TPSA) is 79.4 Å². The summed E-state index contributed by atoms with van der Waals surface area (Å²) in [5, 5.41) is 3.16. The molecule has 172 valence electrons. The quantitative estimate of drug-likeness (QED) is 0.581. The van der Waals surface area contributed by atoms with Crippen molar-refractivity contribution in [1.29, 1.82) is 0 Å². The molecule has 2 aromatic carbocycles. The van der Waals surface area contributed by atoms with Crippen molar-refractivity contribution in [3.05, 3.63) is 96.3 Å². The molecule has 0 saturated carbocycles. The van der Waals surface area contributed by atoms with Crippen LogP contribution in [0.5, 0.6) is 0 Å². The van der Waals surface area contributed by atoms with Gasteiger partial charge in [0.2, 0.25) is 15.9 Å². The molecule has 1 fully saturated rings. The van der Waals surface area contributed by atoms with Gasteiger partial charge in [0.1, 0.15) is 4.90 Å². The zero-order valence-corrected chi connectivity index (χ0v) is 19.5. The van der Waals surface area contributed by atoms with Gasteiger partial charge in [-0.15, -0.1) is 0 Å². The molecule has 3 aromatic rings. The molecule has 33 heavy (non-hydrogen) atoms. The lowest BCUT2D eigenvalue weighted by molar-refractivity contribution is -0.126. The molecule has 6 nitrogen and oxygen atoms in total. The maximum atomic E-state index is 13.0. The molecule has 0 spiro atoms. The monoisotopic (exact) mass is 463 g/mol. The van der Waals surface area contributed by atoms with E-state index in [1.165, 1.54) is 10.5 Å². The van der Waals surface area contributed by atoms with Crippen molar-refractivity contribution < 1.29 is 13.2 Å². The molecule has 7 heteroatoms. The lowest BCUT2D eigenvalue weighted by Gasteiger charge is -2.34. The molecule has 1 N–H and O–H groups in total. The average Bonchev–Trinajstić information content (AvgIpc) is 2.88. The lowest BCUT2D eigenvalue weighted by atomic mass is 9.76. The fraction of sp³-hybridized carbons (Fsp3) is 0.308. The van der Waals surface area contributed by atoms with Crippen molar-refractivity contribution in [3.63, 3.8) is 0 Å². The van der Waals surface area contributed by atoms with Crippen LogP contribution in [0.15, 0.2) is 90.1 Å². The summed E-state index contributed by atoms with van der Waals surface area (Å²) in [5.74, 6) is -0.229. The first-order valence-electron chi connectivity index (χ1n) is 11.2. The maximum absolute atomic E-state index is 13.0. The minimum absolute atomic E-state index is 0.0217. The van der Waals surface area contributed by atoms with Crippen molar-refractivity contribution in [3.8, 4) is 0 Å². The van der Waals surface area contributed by atoms with E-state index in [4.69, 9.17) is 0 Å². The first-order valence-corrected chi connectivity index (χ1v) is 12.6. The van der Waals surface area contributed by atoms with Crippen LogP contribution in [0.2, 0.25) is 0 Å². The largest absolute Gasteiger partial charge is 0.355 e. The number of carbonyl (C=O) groups excluding carboxylic acids is 1. The van der Waals surface area contributed by atoms with Gasteiger partial charge >= 0.3 is 0 Å². The highest BCUT2D eigenvalue weighted by atomic mass is 32.2. The number of carbonyl (C=O) groups is 1. The summed E-state index contributed by atoms with van der Waals surface area (Å²) in [7, 11) is -3.58. The molecule has 0 radical (unpaired) electrons. The average molecular weight is 464 g/mol. The molecule has 1 aliphatic heterocycles. The van der Waals surface area contributed by atoms with E-state index < -0.39 is 10.0 Å². The fourth-order valence-corrected chi connectivity index (χ4v) is 5.83. The standard InChI is InChI=1S/C26H29N3O3S/c1-26(22-9-4-2-5-10-22,23-11-6-3-7-12-23)20-28-25(30)21-14-17-29(18-15-21)33(31,32)24-13-8-16-27-19-24/h2-13,16,19,21H,14-15,17-18,20H2,1H3,(H,28,30). The van der Waals surface area contributed by atoms with Crippen molar-refractivity contribution in [2.45, 2.75) is 30.1 Å². The van der Waals surface area contributed by atoms with Gasteiger partial charge in [0.15, 0.2) is 0 Å². The molecule has 0 unspecified atom stereocenters. The zero-order chi connectivity index (χ0) is 23.3. The molecule has 1 amide bonds. The number of amides is 1. The van der Waals surface area contributed by atoms with E-state index in [1.54, 1.807) is 18.3 Å². The number of sulfonamides is 1. The van der Waals surface area contributed by atoms with Crippen LogP contribution in [0, 0.1) is 5.92 Å². The molecule has 1 aromatic heterocycles. The molecule has 0 aliphatic carbocycles. The fourth-order valence-electron chi connectivity index (χ4n) is 4.40. The molecular weight excluding hydrogens is 434 g/mol. The Balaban J connectivity index is 1.41. The van der Waals surface area contributed by atoms with Gasteiger partial charge < -0.3 is 5.32 Å². The highest BCUT2D eigenvalue weighted by Crippen LogP contribution is 2.31. The Morgan fingerprint density at radius 2 is 1.55 bits per heavy atom. The molecule has 1 saturated heterocycles. The van der Waals surface area contributed by atoms with Crippen LogP contribution >= 0.6 is 0 Å². The van der Waals surface area contributed by atoms with Crippen molar-refractivity contribution in [2.75, 3.05) is 19.6 Å². The van der Waals surface area contributed by atoms with E-state index in [-0.39, 0.29) is 22.1 Å². The number of hydrogen-bond donors (Lipinski definition) is 1. The third kappa shape index (κ3) is 4.99. The molecule has 2 heterocycles. The summed E-state index contributed by atoms with van der Waals surface area (Å²) >= 11 is 0. The van der Waals surface area contributed by atoms with Crippen LogP contribution in [0.3, 0.4) is 0 Å². The van der Waals surface area contributed by atoms with Gasteiger partial charge in [0, 0.05) is 43.4 Å². The number of aromatic nitrogens is 1. The Morgan fingerprint density at radius 1 is 0.970 bits per heavy atom. The molecule has 0 bridgehead atoms. The summed E-state index contributed by atoms with van der Waals surface area (Å²) in [6.45, 7) is 3.25. The summed E-state index contributed by atoms with van der Waals surface area (Å²) < 4.78 is 27.1. The molecule has 0 atom stereocenters. The van der Waals surface area contributed by atoms with Crippen LogP contribution in [0.4, 0.5) is 0 Å². The predicted molar refractivity (Wildman–Crippen MR) is 128 cm³/mol. The number of rotatable bonds is 7. The summed E-state index contributed by atoms with van der Waals surface area (Å²) in [6.07, 6.45) is 3.91. The minimum Gasteiger partial charge on any atom is -0.355 e. The molecule has 1 aliphatic rings. The van der Waals surface area contributed by atoms with Crippen molar-refractivity contribution in [2.24, 2.45) is 5.92 Å². The third-order valence-corrected chi connectivity index (χ3v) is 8.42. The Labute approximate surface area is 195 Å². The summed E-state index contributed by atoms with van der Waals surface area (Å²) in [6, 6.07) is 23.5. The van der Waals surface area contributed by atoms with Crippen molar-refractivity contribution >= 4 is 15.9 Å². The highest BCUT2D eigenvalue weighted by molar-refractivity contribution is 7.89. The van der Waals surface area contributed by atoms with Gasteiger partial charge in [-0.1, -0.05) is 60.7 Å². The van der Waals surface area contributed by atoms with Crippen LogP contribution in [0.25, 0.3) is 0 Å². The van der Waals surface area contributed by atoms with Crippen molar-refractivity contribution in [1.82, 2.24) is 14.6 Å². The predicted octanol–water partition coefficient (Wildman–Crippen LogP) is 3.60. The Bertz CT molecular complexity index is 1120. The number of hydrogen-bond acceptors (Lipinski definition) is 4. The number of benzene rings is 2. The van der Waals surface area contributed by atoms with Crippen LogP contribution in [-0.4, -0.2) is 43.2 Å². The van der Waals surface area contributed by atoms with E-state index in [9.17, 15) is 13.2 Å². The second-order valence-electron chi connectivity index (χ2n) is 8.65. The van der Waals surface area contributed by atoms with E-state index in [2.05, 4.69) is 41.5 Å². The van der Waals surface area contributed by atoms with Gasteiger partial charge in [-0.2, -0.15) is 4.31 Å². The number of pyridine rings is 1. The second kappa shape index (κ2) is 9.85. The Morgan fingerprint density at radius 3 is 2.06 bits per heavy atom. The molecular formula is C26H29N3O3S. The lowest BCUT2D eigenvalue weighted by Crippen LogP contribution is -2.46. The van der Waals surface area contributed by atoms with E-state index in [1.807, 2.05) is 36.4 Å². The van der Waals surface area contributed by atoms with Gasteiger partial charge in [-0.25, -0.2) is 8.42 Å². The number of piperidine rings is 1. The first kappa shape index (κ1) is 23.1. The third-order valence-electron chi connectivity index (χ3n) is 6.53. The second-order valence-corrected chi connectivity index (χ2v) is 10.6. The number of nitrogens with zero attached hydrogens (tertiary/aromatic N) is 2. The normalized spacial score (nSPS) is 15.8. The zero-order valence-electron chi connectivity index (χ0n) is 18.7. The summed E-state index contributed by atoms with van der Waals surface area (Å²) in [5.41, 5.74) is 1.89. The van der Waals surface area contributed by atoms with Crippen LogP contribution in [0.1, 0.15) is 30.9 Å². The van der Waals surface area contributed by atoms with Crippen LogP contribution in [-0.2, 0) is 20.2 Å². The minimum atomic E-state index is -3.58. The van der Waals surface area contributed by atoms with Gasteiger partial charge in [-0.3, -0.25) is 9.78 Å². The highest BCUT2D eigenvalue weighted by Gasteiger charge is 2.34. The van der Waals surface area contributed by atoms with Gasteiger partial charge in [0.25, 0.3) is 0 Å². The first-order chi connectivity index (χ1) is 15.9. The Kier molecular flexibility index (Phi) is 6.91. The van der Waals surface area contributed by atoms with Crippen LogP contribution < -0.4 is 5.32 Å². The molecule has 4 rings (SSSR count). The van der Waals surface area contributed by atoms with E-state index in [0.29, 0.717) is 32.5 Å². The van der Waals surface area contributed by atoms with Gasteiger partial charge in [-0.05, 0) is 43.0 Å². The smallest absolute Gasteiger partial charge is 0.244 e. The van der Waals surface area contributed by atoms with E-state index in [0.717, 1.165) is 11.1 Å². The Hall–Kier alpha value is -3.03. The SMILES string of the molecule is CC(CNC(=O)C1CCN(S(=O)(=O)c2cccnc2)CC1)(c1ccccc1)c1ccccc1. The van der Waals surface area contributed by atoms with Gasteiger partial charge in [0.05, 0.1) is 0 Å². The van der Waals surface area contributed by atoms with E-state index >= 15 is 0 Å². The maximum Gasteiger partial charge on any atom is 0.244 e. The summed E-state index contributed by atoms with van der Waals surface area (Å²) in [4.78, 5) is 17.2. The number of nitrogens with one attached hydrogen (secondary N) is 1.